The van der Waals surface area contributed by atoms with E-state index in [9.17, 15) is 4.79 Å². The number of rotatable bonds is 3. The van der Waals surface area contributed by atoms with E-state index in [1.165, 1.54) is 11.1 Å². The molecule has 0 fully saturated rings. The van der Waals surface area contributed by atoms with Gasteiger partial charge in [-0.25, -0.2) is 4.79 Å². The Balaban J connectivity index is 1.93. The zero-order chi connectivity index (χ0) is 15.7. The SMILES string of the molecule is CCOC(=O)[C@@H]1CC(C)=C(C)CN1c1ccc2c(c1)OCO2. The first-order chi connectivity index (χ1) is 10.6. The molecule has 0 spiro atoms. The van der Waals surface area contributed by atoms with E-state index in [0.29, 0.717) is 13.0 Å². The van der Waals surface area contributed by atoms with E-state index >= 15 is 0 Å². The van der Waals surface area contributed by atoms with Crippen LogP contribution in [0.3, 0.4) is 0 Å². The largest absolute Gasteiger partial charge is 0.464 e. The van der Waals surface area contributed by atoms with Crippen molar-refractivity contribution in [1.29, 1.82) is 0 Å². The van der Waals surface area contributed by atoms with Gasteiger partial charge in [-0.2, -0.15) is 0 Å². The zero-order valence-electron chi connectivity index (χ0n) is 13.2. The molecule has 5 heteroatoms. The molecular weight excluding hydrogens is 282 g/mol. The molecule has 0 saturated carbocycles. The topological polar surface area (TPSA) is 48.0 Å². The van der Waals surface area contributed by atoms with Gasteiger partial charge < -0.3 is 19.1 Å². The molecule has 5 nitrogen and oxygen atoms in total. The van der Waals surface area contributed by atoms with Crippen molar-refractivity contribution in [3.8, 4) is 11.5 Å². The maximum absolute atomic E-state index is 12.3. The second-order valence-electron chi connectivity index (χ2n) is 5.70. The molecule has 0 radical (unpaired) electrons. The van der Waals surface area contributed by atoms with Gasteiger partial charge in [0.2, 0.25) is 6.79 Å². The summed E-state index contributed by atoms with van der Waals surface area (Å²) >= 11 is 0. The van der Waals surface area contributed by atoms with E-state index in [4.69, 9.17) is 14.2 Å². The van der Waals surface area contributed by atoms with Gasteiger partial charge in [0.1, 0.15) is 6.04 Å². The van der Waals surface area contributed by atoms with Crippen molar-refractivity contribution >= 4 is 11.7 Å². The highest BCUT2D eigenvalue weighted by atomic mass is 16.7. The number of carbonyl (C=O) groups excluding carboxylic acids is 1. The number of ether oxygens (including phenoxy) is 3. The van der Waals surface area contributed by atoms with Crippen LogP contribution in [-0.2, 0) is 9.53 Å². The molecule has 0 bridgehead atoms. The number of anilines is 1. The first-order valence-corrected chi connectivity index (χ1v) is 7.58. The zero-order valence-corrected chi connectivity index (χ0v) is 13.2. The van der Waals surface area contributed by atoms with Crippen molar-refractivity contribution in [3.63, 3.8) is 0 Å². The fraction of sp³-hybridized carbons (Fsp3) is 0.471. The van der Waals surface area contributed by atoms with E-state index in [1.54, 1.807) is 0 Å². The van der Waals surface area contributed by atoms with Crippen LogP contribution in [0.2, 0.25) is 0 Å². The number of carbonyl (C=O) groups is 1. The first kappa shape index (κ1) is 14.8. The number of benzene rings is 1. The number of fused-ring (bicyclic) bond motifs is 1. The van der Waals surface area contributed by atoms with E-state index in [-0.39, 0.29) is 18.8 Å². The van der Waals surface area contributed by atoms with Crippen LogP contribution in [0, 0.1) is 0 Å². The Kier molecular flexibility index (Phi) is 3.96. The lowest BCUT2D eigenvalue weighted by Gasteiger charge is -2.37. The Hall–Kier alpha value is -2.17. The summed E-state index contributed by atoms with van der Waals surface area (Å²) < 4.78 is 16.0. The summed E-state index contributed by atoms with van der Waals surface area (Å²) in [6.45, 7) is 7.38. The lowest BCUT2D eigenvalue weighted by molar-refractivity contribution is -0.144. The second kappa shape index (κ2) is 5.91. The quantitative estimate of drug-likeness (QED) is 0.635. The highest BCUT2D eigenvalue weighted by Crippen LogP contribution is 2.38. The van der Waals surface area contributed by atoms with Crippen LogP contribution in [0.25, 0.3) is 0 Å². The fourth-order valence-corrected chi connectivity index (χ4v) is 2.86. The van der Waals surface area contributed by atoms with Gasteiger partial charge in [-0.1, -0.05) is 11.1 Å². The predicted molar refractivity (Wildman–Crippen MR) is 83.3 cm³/mol. The summed E-state index contributed by atoms with van der Waals surface area (Å²) in [4.78, 5) is 14.4. The summed E-state index contributed by atoms with van der Waals surface area (Å²) in [7, 11) is 0. The number of hydrogen-bond acceptors (Lipinski definition) is 5. The molecule has 1 aromatic rings. The molecule has 0 amide bonds. The van der Waals surface area contributed by atoms with Crippen molar-refractivity contribution in [1.82, 2.24) is 0 Å². The van der Waals surface area contributed by atoms with Crippen molar-refractivity contribution < 1.29 is 19.0 Å². The van der Waals surface area contributed by atoms with Crippen molar-refractivity contribution in [3.05, 3.63) is 29.3 Å². The maximum atomic E-state index is 12.3. The molecule has 0 aromatic heterocycles. The van der Waals surface area contributed by atoms with Gasteiger partial charge in [-0.3, -0.25) is 0 Å². The molecule has 0 saturated heterocycles. The van der Waals surface area contributed by atoms with Crippen molar-refractivity contribution in [2.75, 3.05) is 24.8 Å². The fourth-order valence-electron chi connectivity index (χ4n) is 2.86. The molecule has 1 aromatic carbocycles. The van der Waals surface area contributed by atoms with E-state index in [0.717, 1.165) is 23.7 Å². The summed E-state index contributed by atoms with van der Waals surface area (Å²) in [6, 6.07) is 5.50. The van der Waals surface area contributed by atoms with E-state index < -0.39 is 0 Å². The van der Waals surface area contributed by atoms with Crippen LogP contribution in [-0.4, -0.2) is 32.0 Å². The van der Waals surface area contributed by atoms with E-state index in [1.807, 2.05) is 25.1 Å². The number of hydrogen-bond donors (Lipinski definition) is 0. The molecular formula is C17H21NO4. The third-order valence-corrected chi connectivity index (χ3v) is 4.26. The lowest BCUT2D eigenvalue weighted by atomic mass is 9.95. The van der Waals surface area contributed by atoms with Crippen molar-refractivity contribution in [2.45, 2.75) is 33.2 Å². The second-order valence-corrected chi connectivity index (χ2v) is 5.70. The monoisotopic (exact) mass is 303 g/mol. The average Bonchev–Trinajstić information content (AvgIpc) is 2.97. The standard InChI is InChI=1S/C17H21NO4/c1-4-20-17(19)14-7-11(2)12(3)9-18(14)13-5-6-15-16(8-13)22-10-21-15/h5-6,8,14H,4,7,9-10H2,1-3H3/t14-/m0/s1. The van der Waals surface area contributed by atoms with Crippen LogP contribution < -0.4 is 14.4 Å². The highest BCUT2D eigenvalue weighted by molar-refractivity contribution is 5.81. The third kappa shape index (κ3) is 2.63. The summed E-state index contributed by atoms with van der Waals surface area (Å²) in [5.74, 6) is 1.30. The predicted octanol–water partition coefficient (Wildman–Crippen LogP) is 2.89. The highest BCUT2D eigenvalue weighted by Gasteiger charge is 2.32. The summed E-state index contributed by atoms with van der Waals surface area (Å²) in [5.41, 5.74) is 3.50. The summed E-state index contributed by atoms with van der Waals surface area (Å²) in [5, 5.41) is 0. The maximum Gasteiger partial charge on any atom is 0.329 e. The minimum Gasteiger partial charge on any atom is -0.464 e. The van der Waals surface area contributed by atoms with Gasteiger partial charge in [0.25, 0.3) is 0 Å². The molecule has 1 atom stereocenters. The Morgan fingerprint density at radius 1 is 1.27 bits per heavy atom. The van der Waals surface area contributed by atoms with Gasteiger partial charge in [-0.15, -0.1) is 0 Å². The smallest absolute Gasteiger partial charge is 0.329 e. The molecule has 0 unspecified atom stereocenters. The number of esters is 1. The van der Waals surface area contributed by atoms with Crippen LogP contribution >= 0.6 is 0 Å². The normalized spacial score (nSPS) is 20.3. The van der Waals surface area contributed by atoms with Gasteiger partial charge >= 0.3 is 5.97 Å². The minimum absolute atomic E-state index is 0.174. The molecule has 0 N–H and O–H groups in total. The Bertz CT molecular complexity index is 623. The lowest BCUT2D eigenvalue weighted by Crippen LogP contribution is -2.46. The average molecular weight is 303 g/mol. The Morgan fingerprint density at radius 3 is 2.82 bits per heavy atom. The van der Waals surface area contributed by atoms with Crippen LogP contribution in [0.4, 0.5) is 5.69 Å². The minimum atomic E-state index is -0.288. The first-order valence-electron chi connectivity index (χ1n) is 7.58. The van der Waals surface area contributed by atoms with Gasteiger partial charge in [0, 0.05) is 18.3 Å². The van der Waals surface area contributed by atoms with Crippen LogP contribution in [0.5, 0.6) is 11.5 Å². The Labute approximate surface area is 130 Å². The molecule has 118 valence electrons. The van der Waals surface area contributed by atoms with Gasteiger partial charge in [0.05, 0.1) is 6.61 Å². The molecule has 2 aliphatic rings. The van der Waals surface area contributed by atoms with Crippen LogP contribution in [0.1, 0.15) is 27.2 Å². The Morgan fingerprint density at radius 2 is 2.05 bits per heavy atom. The molecule has 0 aliphatic carbocycles. The van der Waals surface area contributed by atoms with E-state index in [2.05, 4.69) is 18.7 Å². The molecule has 2 heterocycles. The third-order valence-electron chi connectivity index (χ3n) is 4.26. The molecule has 22 heavy (non-hydrogen) atoms. The number of nitrogens with zero attached hydrogens (tertiary/aromatic N) is 1. The summed E-state index contributed by atoms with van der Waals surface area (Å²) in [6.07, 6.45) is 0.694. The van der Waals surface area contributed by atoms with Gasteiger partial charge in [0.15, 0.2) is 11.5 Å². The molecule has 3 rings (SSSR count). The van der Waals surface area contributed by atoms with Gasteiger partial charge in [-0.05, 0) is 39.3 Å². The van der Waals surface area contributed by atoms with Crippen LogP contribution in [0.15, 0.2) is 29.3 Å². The molecule has 2 aliphatic heterocycles. The van der Waals surface area contributed by atoms with Crippen molar-refractivity contribution in [2.24, 2.45) is 0 Å².